The van der Waals surface area contributed by atoms with Crippen molar-refractivity contribution in [1.82, 2.24) is 10.6 Å². The first kappa shape index (κ1) is 15.2. The molecule has 1 aliphatic rings. The lowest BCUT2D eigenvalue weighted by Crippen LogP contribution is -2.44. The lowest BCUT2D eigenvalue weighted by molar-refractivity contribution is -0.136. The van der Waals surface area contributed by atoms with Gasteiger partial charge in [-0.3, -0.25) is 9.59 Å². The fraction of sp³-hybridized carbons (Fsp3) is 0.615. The Morgan fingerprint density at radius 1 is 1.21 bits per heavy atom. The summed E-state index contributed by atoms with van der Waals surface area (Å²) in [5.74, 6) is -0.996. The van der Waals surface area contributed by atoms with Gasteiger partial charge < -0.3 is 15.4 Å². The topological polar surface area (TPSA) is 84.5 Å². The third-order valence-electron chi connectivity index (χ3n) is 2.99. The largest absolute Gasteiger partial charge is 0.466 e. The van der Waals surface area contributed by atoms with Crippen LogP contribution in [0.5, 0.6) is 0 Å². The smallest absolute Gasteiger partial charge is 0.335 e. The number of rotatable bonds is 4. The molecular weight excluding hydrogens is 248 g/mol. The van der Waals surface area contributed by atoms with Crippen LogP contribution in [0.3, 0.4) is 0 Å². The molecule has 1 atom stereocenters. The van der Waals surface area contributed by atoms with E-state index in [2.05, 4.69) is 10.6 Å². The highest BCUT2D eigenvalue weighted by Gasteiger charge is 2.23. The zero-order chi connectivity index (χ0) is 14.4. The molecule has 6 heteroatoms. The molecule has 1 aliphatic carbocycles. The van der Waals surface area contributed by atoms with Gasteiger partial charge in [-0.15, -0.1) is 0 Å². The number of methoxy groups -OCH3 is 1. The molecule has 0 saturated heterocycles. The van der Waals surface area contributed by atoms with Gasteiger partial charge in [-0.25, -0.2) is 4.79 Å². The molecule has 6 nitrogen and oxygen atoms in total. The summed E-state index contributed by atoms with van der Waals surface area (Å²) in [6.07, 6.45) is 3.08. The van der Waals surface area contributed by atoms with Crippen LogP contribution in [0, 0.1) is 0 Å². The minimum atomic E-state index is -0.633. The van der Waals surface area contributed by atoms with Crippen molar-refractivity contribution in [2.45, 2.75) is 45.6 Å². The number of hydrogen-bond donors (Lipinski definition) is 2. The first-order chi connectivity index (χ1) is 8.95. The van der Waals surface area contributed by atoms with Crippen molar-refractivity contribution in [2.24, 2.45) is 0 Å². The molecule has 19 heavy (non-hydrogen) atoms. The molecule has 0 unspecified atom stereocenters. The van der Waals surface area contributed by atoms with Crippen molar-refractivity contribution in [3.8, 4) is 0 Å². The van der Waals surface area contributed by atoms with Gasteiger partial charge in [-0.05, 0) is 32.6 Å². The molecule has 0 aliphatic heterocycles. The lowest BCUT2D eigenvalue weighted by Gasteiger charge is -2.21. The predicted molar refractivity (Wildman–Crippen MR) is 68.9 cm³/mol. The van der Waals surface area contributed by atoms with Crippen molar-refractivity contribution in [2.75, 3.05) is 7.11 Å². The van der Waals surface area contributed by atoms with Crippen LogP contribution in [0.1, 0.15) is 39.5 Å². The maximum absolute atomic E-state index is 11.9. The molecule has 0 fully saturated rings. The van der Waals surface area contributed by atoms with E-state index in [4.69, 9.17) is 4.74 Å². The summed E-state index contributed by atoms with van der Waals surface area (Å²) >= 11 is 0. The molecule has 0 saturated carbocycles. The zero-order valence-electron chi connectivity index (χ0n) is 11.5. The second-order valence-electron chi connectivity index (χ2n) is 4.57. The first-order valence-corrected chi connectivity index (χ1v) is 6.34. The number of hydrogen-bond acceptors (Lipinski definition) is 4. The van der Waals surface area contributed by atoms with E-state index >= 15 is 0 Å². The molecule has 106 valence electrons. The summed E-state index contributed by atoms with van der Waals surface area (Å²) < 4.78 is 4.71. The lowest BCUT2D eigenvalue weighted by atomic mass is 9.96. The average Bonchev–Trinajstić information content (AvgIpc) is 2.37. The van der Waals surface area contributed by atoms with E-state index < -0.39 is 12.0 Å². The minimum absolute atomic E-state index is 0.270. The van der Waals surface area contributed by atoms with E-state index in [1.165, 1.54) is 14.0 Å². The van der Waals surface area contributed by atoms with Crippen molar-refractivity contribution in [1.29, 1.82) is 0 Å². The third-order valence-corrected chi connectivity index (χ3v) is 2.99. The van der Waals surface area contributed by atoms with Crippen LogP contribution in [0.15, 0.2) is 11.3 Å². The monoisotopic (exact) mass is 268 g/mol. The summed E-state index contributed by atoms with van der Waals surface area (Å²) in [4.78, 5) is 34.4. The standard InChI is InChI=1S/C13H20N2O4/c1-8(14-9(2)16)12(17)15-11-7-5-4-6-10(11)13(18)19-3/h8H,4-7H2,1-3H3,(H,14,16)(H,15,17)/t8-/m0/s1. The van der Waals surface area contributed by atoms with E-state index in [0.717, 1.165) is 12.8 Å². The highest BCUT2D eigenvalue weighted by molar-refractivity contribution is 5.92. The van der Waals surface area contributed by atoms with E-state index in [1.54, 1.807) is 6.92 Å². The number of allylic oxidation sites excluding steroid dienone is 1. The number of amides is 2. The van der Waals surface area contributed by atoms with Crippen molar-refractivity contribution in [3.63, 3.8) is 0 Å². The Hall–Kier alpha value is -1.85. The highest BCUT2D eigenvalue weighted by Crippen LogP contribution is 2.23. The number of carbonyl (C=O) groups excluding carboxylic acids is 3. The van der Waals surface area contributed by atoms with Gasteiger partial charge in [0.15, 0.2) is 0 Å². The Labute approximate surface area is 112 Å². The van der Waals surface area contributed by atoms with Gasteiger partial charge in [0.2, 0.25) is 11.8 Å². The Balaban J connectivity index is 2.76. The minimum Gasteiger partial charge on any atom is -0.466 e. The molecule has 1 rings (SSSR count). The summed E-state index contributed by atoms with van der Waals surface area (Å²) in [5, 5.41) is 5.21. The van der Waals surface area contributed by atoms with Gasteiger partial charge >= 0.3 is 5.97 Å². The van der Waals surface area contributed by atoms with Crippen LogP contribution >= 0.6 is 0 Å². The number of nitrogens with one attached hydrogen (secondary N) is 2. The summed E-state index contributed by atoms with van der Waals surface area (Å²) in [7, 11) is 1.32. The summed E-state index contributed by atoms with van der Waals surface area (Å²) in [6.45, 7) is 2.95. The van der Waals surface area contributed by atoms with Crippen LogP contribution in [-0.2, 0) is 19.1 Å². The molecule has 0 spiro atoms. The first-order valence-electron chi connectivity index (χ1n) is 6.34. The second kappa shape index (κ2) is 6.92. The number of carbonyl (C=O) groups is 3. The summed E-state index contributed by atoms with van der Waals surface area (Å²) in [5.41, 5.74) is 1.14. The SMILES string of the molecule is COC(=O)C1=C(NC(=O)[C@H](C)NC(C)=O)CCCC1. The van der Waals surface area contributed by atoms with Gasteiger partial charge in [0.25, 0.3) is 0 Å². The highest BCUT2D eigenvalue weighted by atomic mass is 16.5. The maximum atomic E-state index is 11.9. The Morgan fingerprint density at radius 2 is 1.84 bits per heavy atom. The fourth-order valence-electron chi connectivity index (χ4n) is 2.02. The summed E-state index contributed by atoms with van der Waals surface area (Å²) in [6, 6.07) is -0.633. The van der Waals surface area contributed by atoms with Gasteiger partial charge in [0.05, 0.1) is 12.7 Å². The van der Waals surface area contributed by atoms with E-state index in [9.17, 15) is 14.4 Å². The van der Waals surface area contributed by atoms with E-state index in [1.807, 2.05) is 0 Å². The van der Waals surface area contributed by atoms with Gasteiger partial charge in [0.1, 0.15) is 6.04 Å². The number of esters is 1. The third kappa shape index (κ3) is 4.39. The van der Waals surface area contributed by atoms with Crippen LogP contribution in [0.25, 0.3) is 0 Å². The van der Waals surface area contributed by atoms with Gasteiger partial charge in [-0.1, -0.05) is 0 Å². The predicted octanol–water partition coefficient (Wildman–Crippen LogP) is 0.628. The maximum Gasteiger partial charge on any atom is 0.335 e. The Bertz CT molecular complexity index is 415. The normalized spacial score (nSPS) is 16.6. The molecule has 0 heterocycles. The molecule has 2 N–H and O–H groups in total. The van der Waals surface area contributed by atoms with E-state index in [0.29, 0.717) is 24.1 Å². The average molecular weight is 268 g/mol. The Kier molecular flexibility index (Phi) is 5.54. The quantitative estimate of drug-likeness (QED) is 0.732. The zero-order valence-corrected chi connectivity index (χ0v) is 11.5. The Morgan fingerprint density at radius 3 is 2.42 bits per heavy atom. The van der Waals surface area contributed by atoms with Crippen molar-refractivity contribution in [3.05, 3.63) is 11.3 Å². The van der Waals surface area contributed by atoms with Gasteiger partial charge in [-0.2, -0.15) is 0 Å². The van der Waals surface area contributed by atoms with Gasteiger partial charge in [0, 0.05) is 12.6 Å². The fourth-order valence-corrected chi connectivity index (χ4v) is 2.02. The molecule has 2 amide bonds. The second-order valence-corrected chi connectivity index (χ2v) is 4.57. The molecular formula is C13H20N2O4. The van der Waals surface area contributed by atoms with E-state index in [-0.39, 0.29) is 11.8 Å². The molecule has 0 radical (unpaired) electrons. The van der Waals surface area contributed by atoms with Crippen LogP contribution in [0.2, 0.25) is 0 Å². The van der Waals surface area contributed by atoms with Crippen molar-refractivity contribution >= 4 is 17.8 Å². The molecule has 0 bridgehead atoms. The van der Waals surface area contributed by atoms with Crippen LogP contribution in [-0.4, -0.2) is 30.9 Å². The number of ether oxygens (including phenoxy) is 1. The molecule has 0 aromatic carbocycles. The van der Waals surface area contributed by atoms with Crippen LogP contribution < -0.4 is 10.6 Å². The van der Waals surface area contributed by atoms with Crippen molar-refractivity contribution < 1.29 is 19.1 Å². The molecule has 0 aromatic heterocycles. The van der Waals surface area contributed by atoms with Crippen LogP contribution in [0.4, 0.5) is 0 Å². The molecule has 0 aromatic rings.